The number of carbonyl (C=O) groups is 1. The number of rotatable bonds is 1. The van der Waals surface area contributed by atoms with Crippen molar-refractivity contribution in [1.29, 1.82) is 0 Å². The molecule has 1 rings (SSSR count). The summed E-state index contributed by atoms with van der Waals surface area (Å²) in [6.45, 7) is 1.69. The van der Waals surface area contributed by atoms with E-state index in [4.69, 9.17) is 11.6 Å². The fraction of sp³-hybridized carbons (Fsp3) is 0.125. The van der Waals surface area contributed by atoms with Crippen LogP contribution in [0.1, 0.15) is 5.56 Å². The number of amides is 1. The Morgan fingerprint density at radius 3 is 2.75 bits per heavy atom. The average Bonchev–Trinajstić information content (AvgIpc) is 1.94. The molecule has 2 nitrogen and oxygen atoms in total. The lowest BCUT2D eigenvalue weighted by molar-refractivity contribution is 0.269. The van der Waals surface area contributed by atoms with Crippen molar-refractivity contribution in [2.45, 2.75) is 6.92 Å². The number of aryl methyl sites for hydroxylation is 1. The van der Waals surface area contributed by atoms with E-state index in [9.17, 15) is 9.18 Å². The van der Waals surface area contributed by atoms with Gasteiger partial charge in [0.15, 0.2) is 0 Å². The van der Waals surface area contributed by atoms with Gasteiger partial charge in [0.25, 0.3) is 0 Å². The summed E-state index contributed by atoms with van der Waals surface area (Å²) >= 11 is 5.08. The first-order valence-electron chi connectivity index (χ1n) is 3.32. The number of carbonyl (C=O) groups excluding carboxylic acids is 1. The Balaban J connectivity index is 2.93. The third kappa shape index (κ3) is 2.20. The molecule has 0 spiro atoms. The second-order valence-corrected chi connectivity index (χ2v) is 2.70. The van der Waals surface area contributed by atoms with Crippen LogP contribution in [-0.4, -0.2) is 5.37 Å². The van der Waals surface area contributed by atoms with Crippen molar-refractivity contribution in [3.05, 3.63) is 29.6 Å². The van der Waals surface area contributed by atoms with Crippen molar-refractivity contribution < 1.29 is 9.18 Å². The second kappa shape index (κ2) is 3.54. The van der Waals surface area contributed by atoms with E-state index in [1.165, 1.54) is 18.2 Å². The summed E-state index contributed by atoms with van der Waals surface area (Å²) in [4.78, 5) is 10.4. The zero-order valence-corrected chi connectivity index (χ0v) is 7.15. The van der Waals surface area contributed by atoms with Crippen molar-refractivity contribution >= 4 is 22.7 Å². The maximum atomic E-state index is 12.5. The molecule has 0 fully saturated rings. The van der Waals surface area contributed by atoms with Gasteiger partial charge in [0.2, 0.25) is 0 Å². The summed E-state index contributed by atoms with van der Waals surface area (Å²) < 4.78 is 12.5. The quantitative estimate of drug-likeness (QED) is 0.532. The highest BCUT2D eigenvalue weighted by molar-refractivity contribution is 6.65. The molecule has 0 radical (unpaired) electrons. The molecule has 1 aromatic rings. The molecule has 4 heteroatoms. The number of halogens is 2. The van der Waals surface area contributed by atoms with Gasteiger partial charge in [0.1, 0.15) is 5.82 Å². The number of anilines is 1. The van der Waals surface area contributed by atoms with Gasteiger partial charge in [0.05, 0.1) is 0 Å². The lowest BCUT2D eigenvalue weighted by atomic mass is 10.2. The van der Waals surface area contributed by atoms with Gasteiger partial charge in [-0.15, -0.1) is 0 Å². The van der Waals surface area contributed by atoms with Gasteiger partial charge in [-0.2, -0.15) is 0 Å². The van der Waals surface area contributed by atoms with Gasteiger partial charge in [0, 0.05) is 5.69 Å². The highest BCUT2D eigenvalue weighted by atomic mass is 35.5. The van der Waals surface area contributed by atoms with Gasteiger partial charge in [-0.1, -0.05) is 0 Å². The normalized spacial score (nSPS) is 9.58. The van der Waals surface area contributed by atoms with Crippen LogP contribution in [0.15, 0.2) is 18.2 Å². The molecule has 0 bridgehead atoms. The van der Waals surface area contributed by atoms with Crippen LogP contribution >= 0.6 is 11.6 Å². The lowest BCUT2D eigenvalue weighted by Gasteiger charge is -2.03. The van der Waals surface area contributed by atoms with Gasteiger partial charge >= 0.3 is 5.37 Å². The van der Waals surface area contributed by atoms with E-state index in [-0.39, 0.29) is 5.82 Å². The second-order valence-electron chi connectivity index (χ2n) is 2.36. The van der Waals surface area contributed by atoms with Crippen LogP contribution in [0, 0.1) is 12.7 Å². The average molecular weight is 188 g/mol. The number of hydrogen-bond acceptors (Lipinski definition) is 1. The Bertz CT molecular complexity index is 314. The predicted molar refractivity (Wildman–Crippen MR) is 46.0 cm³/mol. The Hall–Kier alpha value is -1.09. The largest absolute Gasteiger partial charge is 0.318 e. The Kier molecular flexibility index (Phi) is 2.65. The van der Waals surface area contributed by atoms with Crippen molar-refractivity contribution in [3.63, 3.8) is 0 Å². The van der Waals surface area contributed by atoms with E-state index in [1.54, 1.807) is 6.92 Å². The first kappa shape index (κ1) is 9.00. The molecule has 1 amide bonds. The fourth-order valence-corrected chi connectivity index (χ4v) is 0.975. The van der Waals surface area contributed by atoms with Crippen LogP contribution in [0.25, 0.3) is 0 Å². The Morgan fingerprint density at radius 1 is 1.58 bits per heavy atom. The summed E-state index contributed by atoms with van der Waals surface area (Å²) in [5, 5.41) is 1.68. The lowest BCUT2D eigenvalue weighted by Crippen LogP contribution is -2.02. The number of benzene rings is 1. The molecular weight excluding hydrogens is 181 g/mol. The van der Waals surface area contributed by atoms with Crippen LogP contribution in [0.2, 0.25) is 0 Å². The number of nitrogens with one attached hydrogen (secondary N) is 1. The summed E-state index contributed by atoms with van der Waals surface area (Å²) in [7, 11) is 0. The zero-order valence-electron chi connectivity index (χ0n) is 6.40. The SMILES string of the molecule is Cc1cc(F)ccc1NC(=O)Cl. The maximum absolute atomic E-state index is 12.5. The smallest absolute Gasteiger partial charge is 0.312 e. The van der Waals surface area contributed by atoms with E-state index >= 15 is 0 Å². The summed E-state index contributed by atoms with van der Waals surface area (Å²) in [5.74, 6) is -0.333. The molecule has 0 saturated heterocycles. The maximum Gasteiger partial charge on any atom is 0.318 e. The third-order valence-electron chi connectivity index (χ3n) is 1.42. The molecule has 0 saturated carbocycles. The molecule has 0 aliphatic carbocycles. The zero-order chi connectivity index (χ0) is 9.14. The minimum absolute atomic E-state index is 0.333. The van der Waals surface area contributed by atoms with E-state index in [0.29, 0.717) is 11.3 Å². The van der Waals surface area contributed by atoms with Crippen LogP contribution < -0.4 is 5.32 Å². The molecule has 0 unspecified atom stereocenters. The van der Waals surface area contributed by atoms with Crippen molar-refractivity contribution in [2.24, 2.45) is 0 Å². The highest BCUT2D eigenvalue weighted by Gasteiger charge is 2.01. The van der Waals surface area contributed by atoms with E-state index in [0.717, 1.165) is 0 Å². The molecule has 0 atom stereocenters. The van der Waals surface area contributed by atoms with Gasteiger partial charge in [-0.3, -0.25) is 4.79 Å². The number of hydrogen-bond donors (Lipinski definition) is 1. The van der Waals surface area contributed by atoms with Crippen molar-refractivity contribution in [3.8, 4) is 0 Å². The minimum Gasteiger partial charge on any atom is -0.312 e. The molecular formula is C8H7ClFNO. The first-order chi connectivity index (χ1) is 5.59. The third-order valence-corrected chi connectivity index (χ3v) is 1.52. The minimum atomic E-state index is -0.676. The van der Waals surface area contributed by atoms with Gasteiger partial charge in [-0.05, 0) is 42.3 Å². The molecule has 1 aromatic carbocycles. The van der Waals surface area contributed by atoms with E-state index in [2.05, 4.69) is 5.32 Å². The summed E-state index contributed by atoms with van der Waals surface area (Å²) in [6, 6.07) is 4.04. The molecule has 12 heavy (non-hydrogen) atoms. The Morgan fingerprint density at radius 2 is 2.25 bits per heavy atom. The Labute approximate surface area is 74.3 Å². The fourth-order valence-electron chi connectivity index (χ4n) is 0.873. The van der Waals surface area contributed by atoms with Crippen LogP contribution in [-0.2, 0) is 0 Å². The predicted octanol–water partition coefficient (Wildman–Crippen LogP) is 2.90. The first-order valence-corrected chi connectivity index (χ1v) is 3.70. The molecule has 1 N–H and O–H groups in total. The summed E-state index contributed by atoms with van der Waals surface area (Å²) in [6.07, 6.45) is 0. The monoisotopic (exact) mass is 187 g/mol. The molecule has 0 aliphatic rings. The molecule has 64 valence electrons. The van der Waals surface area contributed by atoms with Crippen molar-refractivity contribution in [2.75, 3.05) is 5.32 Å². The van der Waals surface area contributed by atoms with Crippen LogP contribution in [0.3, 0.4) is 0 Å². The molecule has 0 aliphatic heterocycles. The van der Waals surface area contributed by atoms with Gasteiger partial charge in [-0.25, -0.2) is 4.39 Å². The molecule has 0 aromatic heterocycles. The van der Waals surface area contributed by atoms with E-state index < -0.39 is 5.37 Å². The van der Waals surface area contributed by atoms with Crippen LogP contribution in [0.5, 0.6) is 0 Å². The molecule has 0 heterocycles. The van der Waals surface area contributed by atoms with Gasteiger partial charge < -0.3 is 5.32 Å². The van der Waals surface area contributed by atoms with E-state index in [1.807, 2.05) is 0 Å². The highest BCUT2D eigenvalue weighted by Crippen LogP contribution is 2.15. The standard InChI is InChI=1S/C8H7ClFNO/c1-5-4-6(10)2-3-7(5)11-8(9)12/h2-4H,1H3,(H,11,12). The van der Waals surface area contributed by atoms with Crippen molar-refractivity contribution in [1.82, 2.24) is 0 Å². The van der Waals surface area contributed by atoms with Crippen LogP contribution in [0.4, 0.5) is 14.9 Å². The topological polar surface area (TPSA) is 29.1 Å². The summed E-state index contributed by atoms with van der Waals surface area (Å²) in [5.41, 5.74) is 1.17.